The van der Waals surface area contributed by atoms with Gasteiger partial charge in [-0.1, -0.05) is 66.2 Å². The number of benzene rings is 3. The zero-order valence-corrected chi connectivity index (χ0v) is 17.7. The predicted octanol–water partition coefficient (Wildman–Crippen LogP) is 4.43. The molecule has 1 heterocycles. The number of rotatable bonds is 2. The summed E-state index contributed by atoms with van der Waals surface area (Å²) >= 11 is 6.28. The first-order valence-electron chi connectivity index (χ1n) is 10.4. The van der Waals surface area contributed by atoms with Gasteiger partial charge in [-0.15, -0.1) is 0 Å². The molecule has 7 heteroatoms. The molecule has 1 aliphatic heterocycles. The highest BCUT2D eigenvalue weighted by Crippen LogP contribution is 2.64. The third kappa shape index (κ3) is 2.06. The summed E-state index contributed by atoms with van der Waals surface area (Å²) in [6.07, 6.45) is 0. The van der Waals surface area contributed by atoms with Crippen LogP contribution in [0.1, 0.15) is 33.7 Å². The van der Waals surface area contributed by atoms with Gasteiger partial charge in [0.15, 0.2) is 0 Å². The molecule has 2 atom stereocenters. The lowest BCUT2D eigenvalue weighted by Gasteiger charge is -2.48. The predicted molar refractivity (Wildman–Crippen MR) is 118 cm³/mol. The number of amides is 2. The lowest BCUT2D eigenvalue weighted by atomic mass is 9.51. The molecule has 0 N–H and O–H groups in total. The van der Waals surface area contributed by atoms with Gasteiger partial charge in [-0.05, 0) is 35.7 Å². The van der Waals surface area contributed by atoms with E-state index in [9.17, 15) is 19.7 Å². The first-order valence-corrected chi connectivity index (χ1v) is 10.7. The first-order chi connectivity index (χ1) is 15.4. The van der Waals surface area contributed by atoms with Crippen molar-refractivity contribution in [2.24, 2.45) is 11.8 Å². The van der Waals surface area contributed by atoms with Crippen LogP contribution in [0, 0.1) is 28.9 Å². The van der Waals surface area contributed by atoms with Crippen molar-refractivity contribution in [2.75, 3.05) is 4.90 Å². The average Bonchev–Trinajstić information content (AvgIpc) is 3.06. The Balaban J connectivity index is 1.66. The van der Waals surface area contributed by atoms with E-state index in [1.165, 1.54) is 0 Å². The van der Waals surface area contributed by atoms with Crippen molar-refractivity contribution in [1.29, 1.82) is 0 Å². The summed E-state index contributed by atoms with van der Waals surface area (Å²) < 4.78 is 0. The van der Waals surface area contributed by atoms with E-state index in [0.717, 1.165) is 21.6 Å². The van der Waals surface area contributed by atoms with Crippen LogP contribution in [-0.4, -0.2) is 16.7 Å². The molecular weight excluding hydrogens is 428 g/mol. The molecule has 4 aliphatic rings. The lowest BCUT2D eigenvalue weighted by Crippen LogP contribution is -2.57. The summed E-state index contributed by atoms with van der Waals surface area (Å²) in [5, 5.41) is 13.3. The smallest absolute Gasteiger partial charge is 0.274 e. The molecule has 7 rings (SSSR count). The van der Waals surface area contributed by atoms with Gasteiger partial charge >= 0.3 is 0 Å². The van der Waals surface area contributed by atoms with Crippen LogP contribution < -0.4 is 4.90 Å². The standard InChI is InChI=1S/C25H17ClN2O4/c1-13-10-11-14(12-19(13)26)27-23(29)21-20-15-6-2-4-8-17(15)25(28(31)32,22(21)24(27)30)18-9-5-3-7-16(18)20/h2-12,20-22H,1H3/t20?,21-,22+,25?/m1/s1. The Bertz CT molecular complexity index is 1320. The minimum absolute atomic E-state index is 0.344. The van der Waals surface area contributed by atoms with Gasteiger partial charge < -0.3 is 0 Å². The number of hydrogen-bond donors (Lipinski definition) is 0. The van der Waals surface area contributed by atoms with E-state index in [1.54, 1.807) is 42.5 Å². The average molecular weight is 445 g/mol. The van der Waals surface area contributed by atoms with E-state index in [0.29, 0.717) is 21.8 Å². The Labute approximate surface area is 188 Å². The summed E-state index contributed by atoms with van der Waals surface area (Å²) in [5.74, 6) is -3.36. The molecule has 2 bridgehead atoms. The molecule has 0 saturated carbocycles. The third-order valence-electron chi connectivity index (χ3n) is 7.27. The Hall–Kier alpha value is -3.51. The molecular formula is C25H17ClN2O4. The topological polar surface area (TPSA) is 80.5 Å². The second kappa shape index (κ2) is 6.26. The van der Waals surface area contributed by atoms with E-state index >= 15 is 0 Å². The van der Waals surface area contributed by atoms with Crippen LogP contribution >= 0.6 is 11.6 Å². The van der Waals surface area contributed by atoms with Crippen LogP contribution in [0.25, 0.3) is 0 Å². The lowest BCUT2D eigenvalue weighted by molar-refractivity contribution is -0.578. The number of anilines is 1. The summed E-state index contributed by atoms with van der Waals surface area (Å²) in [6.45, 7) is 1.83. The normalized spacial score (nSPS) is 27.2. The Morgan fingerprint density at radius 2 is 1.53 bits per heavy atom. The van der Waals surface area contributed by atoms with E-state index in [-0.39, 0.29) is 4.92 Å². The van der Waals surface area contributed by atoms with Gasteiger partial charge in [-0.3, -0.25) is 19.7 Å². The fourth-order valence-corrected chi connectivity index (χ4v) is 6.19. The Kier molecular flexibility index (Phi) is 3.76. The quantitative estimate of drug-likeness (QED) is 0.332. The van der Waals surface area contributed by atoms with Crippen molar-refractivity contribution in [1.82, 2.24) is 0 Å². The van der Waals surface area contributed by atoms with Crippen molar-refractivity contribution >= 4 is 29.1 Å². The van der Waals surface area contributed by atoms with Crippen molar-refractivity contribution < 1.29 is 14.5 Å². The fraction of sp³-hybridized carbons (Fsp3) is 0.200. The molecule has 0 radical (unpaired) electrons. The number of carbonyl (C=O) groups is 2. The summed E-state index contributed by atoms with van der Waals surface area (Å²) in [7, 11) is 0. The maximum atomic E-state index is 13.8. The number of carbonyl (C=O) groups excluding carboxylic acids is 2. The second-order valence-electron chi connectivity index (χ2n) is 8.62. The molecule has 2 amide bonds. The minimum Gasteiger partial charge on any atom is -0.274 e. The molecule has 1 saturated heterocycles. The van der Waals surface area contributed by atoms with Crippen molar-refractivity contribution in [3.63, 3.8) is 0 Å². The summed E-state index contributed by atoms with van der Waals surface area (Å²) in [6, 6.07) is 19.2. The molecule has 3 aromatic carbocycles. The van der Waals surface area contributed by atoms with E-state index in [4.69, 9.17) is 11.6 Å². The maximum Gasteiger partial charge on any atom is 0.285 e. The number of nitro groups is 1. The third-order valence-corrected chi connectivity index (χ3v) is 7.68. The second-order valence-corrected chi connectivity index (χ2v) is 9.03. The van der Waals surface area contributed by atoms with Crippen LogP contribution in [-0.2, 0) is 15.1 Å². The molecule has 158 valence electrons. The largest absolute Gasteiger partial charge is 0.285 e. The van der Waals surface area contributed by atoms with Crippen molar-refractivity contribution in [3.8, 4) is 0 Å². The van der Waals surface area contributed by atoms with Crippen LogP contribution in [0.4, 0.5) is 5.69 Å². The number of halogens is 1. The maximum absolute atomic E-state index is 13.8. The molecule has 0 aromatic heterocycles. The highest BCUT2D eigenvalue weighted by molar-refractivity contribution is 6.32. The van der Waals surface area contributed by atoms with Gasteiger partial charge in [-0.2, -0.15) is 0 Å². The monoisotopic (exact) mass is 444 g/mol. The SMILES string of the molecule is Cc1ccc(N2C(=O)[C@@H]3C4c5ccccc5C([N+](=O)[O-])(c5ccccc54)[C@@H]3C2=O)cc1Cl. The fourth-order valence-electron chi connectivity index (χ4n) is 6.02. The van der Waals surface area contributed by atoms with E-state index in [1.807, 2.05) is 31.2 Å². The molecule has 1 fully saturated rings. The summed E-state index contributed by atoms with van der Waals surface area (Å²) in [5.41, 5.74) is 1.83. The van der Waals surface area contributed by atoms with Crippen LogP contribution in [0.5, 0.6) is 0 Å². The van der Waals surface area contributed by atoms with Crippen LogP contribution in [0.15, 0.2) is 66.7 Å². The number of imide groups is 1. The van der Waals surface area contributed by atoms with Gasteiger partial charge in [-0.25, -0.2) is 4.90 Å². The Morgan fingerprint density at radius 3 is 2.09 bits per heavy atom. The Morgan fingerprint density at radius 1 is 0.938 bits per heavy atom. The zero-order chi connectivity index (χ0) is 22.4. The highest BCUT2D eigenvalue weighted by Gasteiger charge is 2.74. The van der Waals surface area contributed by atoms with Gasteiger partial charge in [0.2, 0.25) is 11.8 Å². The molecule has 3 aliphatic carbocycles. The van der Waals surface area contributed by atoms with Crippen molar-refractivity contribution in [2.45, 2.75) is 18.4 Å². The molecule has 3 aromatic rings. The molecule has 0 unspecified atom stereocenters. The molecule has 32 heavy (non-hydrogen) atoms. The number of nitrogens with zero attached hydrogens (tertiary/aromatic N) is 2. The molecule has 0 spiro atoms. The van der Waals surface area contributed by atoms with E-state index in [2.05, 4.69) is 0 Å². The number of aryl methyl sites for hydroxylation is 1. The first kappa shape index (κ1) is 19.2. The van der Waals surface area contributed by atoms with Gasteiger partial charge in [0.25, 0.3) is 5.54 Å². The van der Waals surface area contributed by atoms with Crippen molar-refractivity contribution in [3.05, 3.63) is 110 Å². The minimum atomic E-state index is -1.82. The molecule has 6 nitrogen and oxygen atoms in total. The number of hydrogen-bond acceptors (Lipinski definition) is 4. The highest BCUT2D eigenvalue weighted by atomic mass is 35.5. The zero-order valence-electron chi connectivity index (χ0n) is 17.0. The summed E-state index contributed by atoms with van der Waals surface area (Å²) in [4.78, 5) is 41.2. The van der Waals surface area contributed by atoms with Crippen LogP contribution in [0.3, 0.4) is 0 Å². The van der Waals surface area contributed by atoms with Gasteiger partial charge in [0, 0.05) is 27.0 Å². The van der Waals surface area contributed by atoms with Crippen LogP contribution in [0.2, 0.25) is 5.02 Å². The van der Waals surface area contributed by atoms with Gasteiger partial charge in [0.05, 0.1) is 11.6 Å². The van der Waals surface area contributed by atoms with Gasteiger partial charge in [0.1, 0.15) is 5.92 Å². The van der Waals surface area contributed by atoms with E-state index < -0.39 is 35.1 Å².